The number of anilines is 1. The molecular weight excluding hydrogens is 509 g/mol. The highest BCUT2D eigenvalue weighted by Crippen LogP contribution is 2.19. The molecular formula is C19H24IN3O3S2. The van der Waals surface area contributed by atoms with E-state index in [-0.39, 0.29) is 34.9 Å². The van der Waals surface area contributed by atoms with E-state index in [0.29, 0.717) is 0 Å². The van der Waals surface area contributed by atoms with Crippen molar-refractivity contribution < 1.29 is 41.5 Å². The number of nitrogens with one attached hydrogen (secondary N) is 2. The third-order valence-electron chi connectivity index (χ3n) is 4.56. The highest BCUT2D eigenvalue weighted by Gasteiger charge is 2.18. The van der Waals surface area contributed by atoms with Crippen molar-refractivity contribution in [2.24, 2.45) is 0 Å². The van der Waals surface area contributed by atoms with Crippen LogP contribution in [-0.4, -0.2) is 19.0 Å². The van der Waals surface area contributed by atoms with E-state index in [4.69, 9.17) is 4.55 Å². The molecule has 152 valence electrons. The van der Waals surface area contributed by atoms with Gasteiger partial charge >= 0.3 is 0 Å². The Morgan fingerprint density at radius 2 is 1.82 bits per heavy atom. The standard InChI is InChI=1S/C19H23N3O3S2.HI/c1-3-15(20-21-16-8-10-17(11-9-16)27(23,24)25)12-13-22-14(2)26-19-7-5-4-6-18(19)22;/h4-11,15,20-21H,3,12-13H2,1-2H3;1H. The van der Waals surface area contributed by atoms with Crippen LogP contribution in [0.3, 0.4) is 0 Å². The summed E-state index contributed by atoms with van der Waals surface area (Å²) >= 11 is 1.81. The van der Waals surface area contributed by atoms with Gasteiger partial charge in [-0.05, 0) is 36.8 Å². The molecule has 0 saturated heterocycles. The van der Waals surface area contributed by atoms with Gasteiger partial charge in [-0.1, -0.05) is 30.4 Å². The molecule has 0 radical (unpaired) electrons. The molecule has 0 fully saturated rings. The summed E-state index contributed by atoms with van der Waals surface area (Å²) < 4.78 is 34.9. The van der Waals surface area contributed by atoms with Crippen molar-refractivity contribution in [2.45, 2.75) is 44.2 Å². The lowest BCUT2D eigenvalue weighted by atomic mass is 10.1. The maximum absolute atomic E-state index is 11.1. The first-order valence-electron chi connectivity index (χ1n) is 8.85. The summed E-state index contributed by atoms with van der Waals surface area (Å²) in [5, 5.41) is 1.29. The van der Waals surface area contributed by atoms with Crippen molar-refractivity contribution in [2.75, 3.05) is 5.43 Å². The third kappa shape index (κ3) is 5.63. The molecule has 1 atom stereocenters. The zero-order valence-electron chi connectivity index (χ0n) is 15.7. The Bertz CT molecular complexity index is 1020. The Labute approximate surface area is 186 Å². The van der Waals surface area contributed by atoms with Gasteiger partial charge in [-0.15, -0.1) is 0 Å². The molecule has 1 aromatic heterocycles. The second-order valence-electron chi connectivity index (χ2n) is 6.40. The Balaban J connectivity index is 0.00000280. The lowest BCUT2D eigenvalue weighted by Crippen LogP contribution is -3.00. The Morgan fingerprint density at radius 1 is 1.14 bits per heavy atom. The van der Waals surface area contributed by atoms with Crippen molar-refractivity contribution in [3.05, 3.63) is 53.5 Å². The van der Waals surface area contributed by atoms with Gasteiger partial charge < -0.3 is 29.4 Å². The summed E-state index contributed by atoms with van der Waals surface area (Å²) in [6.07, 6.45) is 1.91. The molecule has 0 bridgehead atoms. The van der Waals surface area contributed by atoms with Crippen LogP contribution in [0.15, 0.2) is 53.4 Å². The number of fused-ring (bicyclic) bond motifs is 1. The third-order valence-corrected chi connectivity index (χ3v) is 6.51. The smallest absolute Gasteiger partial charge is 0.294 e. The van der Waals surface area contributed by atoms with Gasteiger partial charge in [-0.25, -0.2) is 5.43 Å². The summed E-state index contributed by atoms with van der Waals surface area (Å²) in [4.78, 5) is -0.115. The van der Waals surface area contributed by atoms with Gasteiger partial charge in [-0.3, -0.25) is 4.55 Å². The predicted octanol–water partition coefficient (Wildman–Crippen LogP) is 0.533. The van der Waals surface area contributed by atoms with E-state index in [9.17, 15) is 8.42 Å². The largest absolute Gasteiger partial charge is 1.00 e. The number of rotatable bonds is 8. The van der Waals surface area contributed by atoms with E-state index in [1.165, 1.54) is 27.4 Å². The predicted molar refractivity (Wildman–Crippen MR) is 108 cm³/mol. The molecule has 0 aliphatic heterocycles. The number of hydrazine groups is 1. The number of halogens is 1. The minimum atomic E-state index is -4.16. The van der Waals surface area contributed by atoms with Crippen LogP contribution in [0.4, 0.5) is 5.69 Å². The average Bonchev–Trinajstić information content (AvgIpc) is 2.97. The van der Waals surface area contributed by atoms with Gasteiger partial charge in [0.1, 0.15) is 4.70 Å². The van der Waals surface area contributed by atoms with Crippen molar-refractivity contribution in [3.8, 4) is 0 Å². The highest BCUT2D eigenvalue weighted by atomic mass is 127. The molecule has 0 spiro atoms. The average molecular weight is 533 g/mol. The minimum Gasteiger partial charge on any atom is -1.00 e. The molecule has 0 aliphatic carbocycles. The number of nitrogens with zero attached hydrogens (tertiary/aromatic N) is 1. The van der Waals surface area contributed by atoms with E-state index in [0.717, 1.165) is 25.1 Å². The van der Waals surface area contributed by atoms with Crippen LogP contribution in [0.2, 0.25) is 0 Å². The Kier molecular flexibility index (Phi) is 8.19. The monoisotopic (exact) mass is 533 g/mol. The number of hydrogen-bond acceptors (Lipinski definition) is 5. The number of benzene rings is 2. The van der Waals surface area contributed by atoms with Crippen LogP contribution in [0, 0.1) is 6.92 Å². The molecule has 6 nitrogen and oxygen atoms in total. The van der Waals surface area contributed by atoms with Crippen molar-refractivity contribution in [1.29, 1.82) is 0 Å². The van der Waals surface area contributed by atoms with E-state index in [1.54, 1.807) is 12.1 Å². The molecule has 1 heterocycles. The number of aryl methyl sites for hydroxylation is 2. The van der Waals surface area contributed by atoms with Crippen molar-refractivity contribution in [1.82, 2.24) is 5.43 Å². The van der Waals surface area contributed by atoms with E-state index in [2.05, 4.69) is 53.5 Å². The van der Waals surface area contributed by atoms with Crippen LogP contribution in [0.5, 0.6) is 0 Å². The first kappa shape index (κ1) is 23.0. The number of para-hydroxylation sites is 1. The summed E-state index contributed by atoms with van der Waals surface area (Å²) in [6.45, 7) is 5.20. The van der Waals surface area contributed by atoms with E-state index >= 15 is 0 Å². The molecule has 3 aromatic rings. The van der Waals surface area contributed by atoms with E-state index in [1.807, 2.05) is 11.3 Å². The van der Waals surface area contributed by atoms with Crippen LogP contribution in [-0.2, 0) is 16.7 Å². The highest BCUT2D eigenvalue weighted by molar-refractivity contribution is 7.85. The Hall–Kier alpha value is -1.27. The van der Waals surface area contributed by atoms with Crippen LogP contribution < -0.4 is 39.4 Å². The fourth-order valence-corrected chi connectivity index (χ4v) is 4.51. The number of hydrogen-bond donors (Lipinski definition) is 3. The quantitative estimate of drug-likeness (QED) is 0.171. The Morgan fingerprint density at radius 3 is 2.46 bits per heavy atom. The van der Waals surface area contributed by atoms with Gasteiger partial charge in [0.05, 0.1) is 4.90 Å². The second kappa shape index (κ2) is 9.97. The maximum atomic E-state index is 11.1. The van der Waals surface area contributed by atoms with Crippen LogP contribution in [0.1, 0.15) is 24.8 Å². The second-order valence-corrected chi connectivity index (χ2v) is 9.06. The van der Waals surface area contributed by atoms with Crippen LogP contribution in [0.25, 0.3) is 10.2 Å². The topological polar surface area (TPSA) is 82.3 Å². The summed E-state index contributed by atoms with van der Waals surface area (Å²) in [6, 6.07) is 14.7. The minimum absolute atomic E-state index is 0. The van der Waals surface area contributed by atoms with Gasteiger partial charge in [0, 0.05) is 31.1 Å². The zero-order chi connectivity index (χ0) is 19.4. The van der Waals surface area contributed by atoms with Crippen molar-refractivity contribution >= 4 is 37.4 Å². The molecule has 9 heteroatoms. The first-order chi connectivity index (χ1) is 12.9. The summed E-state index contributed by atoms with van der Waals surface area (Å²) in [5.74, 6) is 0. The fraction of sp³-hybridized carbons (Fsp3) is 0.316. The van der Waals surface area contributed by atoms with Gasteiger partial charge in [-0.2, -0.15) is 13.0 Å². The normalized spacial score (nSPS) is 12.5. The SMILES string of the molecule is CCC(CC[n+]1c(C)sc2ccccc21)NNc1ccc(S(=O)(=O)O)cc1.[I-]. The first-order valence-corrected chi connectivity index (χ1v) is 11.1. The van der Waals surface area contributed by atoms with Crippen molar-refractivity contribution in [3.63, 3.8) is 0 Å². The molecule has 0 saturated carbocycles. The molecule has 2 aromatic carbocycles. The lowest BCUT2D eigenvalue weighted by molar-refractivity contribution is -0.673. The number of aromatic nitrogens is 1. The van der Waals surface area contributed by atoms with Gasteiger partial charge in [0.15, 0.2) is 6.54 Å². The lowest BCUT2D eigenvalue weighted by Gasteiger charge is -2.17. The molecule has 1 unspecified atom stereocenters. The zero-order valence-corrected chi connectivity index (χ0v) is 19.5. The summed E-state index contributed by atoms with van der Waals surface area (Å²) in [7, 11) is -4.16. The molecule has 0 aliphatic rings. The number of thiazole rings is 1. The van der Waals surface area contributed by atoms with E-state index < -0.39 is 10.1 Å². The maximum Gasteiger partial charge on any atom is 0.294 e. The molecule has 3 rings (SSSR count). The molecule has 28 heavy (non-hydrogen) atoms. The van der Waals surface area contributed by atoms with Gasteiger partial charge in [0.25, 0.3) is 10.1 Å². The molecule has 0 amide bonds. The van der Waals surface area contributed by atoms with Gasteiger partial charge in [0.2, 0.25) is 10.5 Å². The van der Waals surface area contributed by atoms with Crippen LogP contribution >= 0.6 is 11.3 Å². The summed E-state index contributed by atoms with van der Waals surface area (Å²) in [5.41, 5.74) is 8.43. The fourth-order valence-electron chi connectivity index (χ4n) is 2.99. The molecule has 3 N–H and O–H groups in total.